The highest BCUT2D eigenvalue weighted by molar-refractivity contribution is 7.85. The average molecular weight is 592 g/mol. The normalized spacial score (nSPS) is 12.2. The molecule has 0 aliphatic heterocycles. The minimum Gasteiger partial charge on any atom is -0.392 e. The van der Waals surface area contributed by atoms with Gasteiger partial charge < -0.3 is 10.3 Å². The molecular formula is C37H26N3O3P. The van der Waals surface area contributed by atoms with Crippen molar-refractivity contribution >= 4 is 45.2 Å². The third-order valence-electron chi connectivity index (χ3n) is 8.58. The van der Waals surface area contributed by atoms with Crippen LogP contribution in [0.5, 0.6) is 0 Å². The van der Waals surface area contributed by atoms with Crippen LogP contribution in [0, 0.1) is 21.4 Å². The Kier molecular flexibility index (Phi) is 6.62. The van der Waals surface area contributed by atoms with E-state index in [0.29, 0.717) is 51.0 Å². The number of hydrogen-bond donors (Lipinski definition) is 1. The summed E-state index contributed by atoms with van der Waals surface area (Å²) in [5, 5.41) is 26.6. The topological polar surface area (TPSA) is 110 Å². The lowest BCUT2D eigenvalue weighted by molar-refractivity contribution is -0.383. The molecule has 0 unspecified atom stereocenters. The minimum atomic E-state index is -3.60. The molecule has 0 amide bonds. The van der Waals surface area contributed by atoms with Crippen LogP contribution < -0.4 is 21.6 Å². The number of hydrogen-bond acceptors (Lipinski definition) is 5. The maximum Gasteiger partial charge on any atom is 0.301 e. The van der Waals surface area contributed by atoms with Gasteiger partial charge in [-0.1, -0.05) is 115 Å². The molecule has 0 aromatic heterocycles. The molecular weight excluding hydrogens is 565 g/mol. The van der Waals surface area contributed by atoms with E-state index in [-0.39, 0.29) is 16.9 Å². The number of nitro benzene ring substituents is 1. The van der Waals surface area contributed by atoms with Crippen LogP contribution in [0.25, 0.3) is 33.0 Å². The number of nitrogens with zero attached hydrogens (tertiary/aromatic N) is 2. The number of rotatable bonds is 5. The van der Waals surface area contributed by atoms with Gasteiger partial charge in [-0.2, -0.15) is 5.26 Å². The molecule has 6 aromatic rings. The number of anilines is 1. The van der Waals surface area contributed by atoms with Crippen molar-refractivity contribution in [1.29, 1.82) is 5.26 Å². The van der Waals surface area contributed by atoms with Gasteiger partial charge in [0, 0.05) is 27.0 Å². The second kappa shape index (κ2) is 10.6. The summed E-state index contributed by atoms with van der Waals surface area (Å²) >= 11 is 0. The predicted molar refractivity (Wildman–Crippen MR) is 177 cm³/mol. The molecule has 1 aliphatic carbocycles. The number of aryl methyl sites for hydroxylation is 1. The van der Waals surface area contributed by atoms with Crippen LogP contribution in [0.1, 0.15) is 16.7 Å². The zero-order valence-corrected chi connectivity index (χ0v) is 24.5. The molecule has 0 bridgehead atoms. The van der Waals surface area contributed by atoms with E-state index >= 15 is 4.57 Å². The van der Waals surface area contributed by atoms with Crippen LogP contribution >= 0.6 is 7.14 Å². The van der Waals surface area contributed by atoms with Gasteiger partial charge in [0.2, 0.25) is 0 Å². The van der Waals surface area contributed by atoms with E-state index in [1.54, 1.807) is 0 Å². The van der Waals surface area contributed by atoms with Gasteiger partial charge in [-0.25, -0.2) is 0 Å². The Labute approximate surface area is 254 Å². The summed E-state index contributed by atoms with van der Waals surface area (Å²) in [6.07, 6.45) is 1.10. The van der Waals surface area contributed by atoms with Gasteiger partial charge in [-0.3, -0.25) is 10.1 Å². The van der Waals surface area contributed by atoms with E-state index in [1.807, 2.05) is 121 Å². The summed E-state index contributed by atoms with van der Waals surface area (Å²) in [7, 11) is -3.60. The monoisotopic (exact) mass is 591 g/mol. The molecule has 44 heavy (non-hydrogen) atoms. The Bertz CT molecular complexity index is 2160. The fourth-order valence-electron chi connectivity index (χ4n) is 6.66. The van der Waals surface area contributed by atoms with E-state index in [2.05, 4.69) is 6.07 Å². The Balaban J connectivity index is 1.72. The van der Waals surface area contributed by atoms with Gasteiger partial charge in [-0.15, -0.1) is 0 Å². The molecule has 1 aliphatic rings. The molecule has 212 valence electrons. The van der Waals surface area contributed by atoms with E-state index in [0.717, 1.165) is 21.9 Å². The highest BCUT2D eigenvalue weighted by Crippen LogP contribution is 2.53. The van der Waals surface area contributed by atoms with Crippen LogP contribution in [0.3, 0.4) is 0 Å². The summed E-state index contributed by atoms with van der Waals surface area (Å²) in [5.74, 6) is 0. The zero-order chi connectivity index (χ0) is 30.4. The van der Waals surface area contributed by atoms with Crippen molar-refractivity contribution in [3.05, 3.63) is 148 Å². The third-order valence-corrected chi connectivity index (χ3v) is 11.7. The molecule has 0 heterocycles. The molecule has 6 aromatic carbocycles. The van der Waals surface area contributed by atoms with Crippen LogP contribution in [0.15, 0.2) is 121 Å². The number of nitrogen functional groups attached to an aromatic ring is 1. The van der Waals surface area contributed by atoms with Crippen molar-refractivity contribution in [2.75, 3.05) is 5.73 Å². The van der Waals surface area contributed by atoms with Gasteiger partial charge in [0.25, 0.3) is 0 Å². The Morgan fingerprint density at radius 1 is 0.727 bits per heavy atom. The van der Waals surface area contributed by atoms with Gasteiger partial charge in [-0.05, 0) is 46.4 Å². The van der Waals surface area contributed by atoms with Gasteiger partial charge in [0.05, 0.1) is 16.1 Å². The minimum absolute atomic E-state index is 0.0960. The first-order valence-electron chi connectivity index (χ1n) is 14.3. The highest BCUT2D eigenvalue weighted by atomic mass is 31.2. The lowest BCUT2D eigenvalue weighted by atomic mass is 9.77. The second-order valence-corrected chi connectivity index (χ2v) is 13.6. The lowest BCUT2D eigenvalue weighted by Gasteiger charge is -2.28. The van der Waals surface area contributed by atoms with Crippen molar-refractivity contribution in [2.24, 2.45) is 0 Å². The number of nitro groups is 1. The van der Waals surface area contributed by atoms with E-state index in [1.165, 1.54) is 0 Å². The predicted octanol–water partition coefficient (Wildman–Crippen LogP) is 7.27. The highest BCUT2D eigenvalue weighted by Gasteiger charge is 2.39. The van der Waals surface area contributed by atoms with Crippen molar-refractivity contribution in [1.82, 2.24) is 0 Å². The van der Waals surface area contributed by atoms with Crippen LogP contribution in [0.4, 0.5) is 11.4 Å². The van der Waals surface area contributed by atoms with Gasteiger partial charge in [0.15, 0.2) is 7.14 Å². The van der Waals surface area contributed by atoms with E-state index in [9.17, 15) is 15.4 Å². The Morgan fingerprint density at radius 2 is 1.34 bits per heavy atom. The molecule has 7 heteroatoms. The van der Waals surface area contributed by atoms with Crippen molar-refractivity contribution in [3.8, 4) is 28.3 Å². The average Bonchev–Trinajstić information content (AvgIpc) is 3.07. The number of nitrogens with two attached hydrogens (primary N) is 1. The molecule has 2 N–H and O–H groups in total. The first kappa shape index (κ1) is 27.3. The molecule has 0 saturated carbocycles. The van der Waals surface area contributed by atoms with Crippen molar-refractivity contribution in [3.63, 3.8) is 0 Å². The smallest absolute Gasteiger partial charge is 0.301 e. The summed E-state index contributed by atoms with van der Waals surface area (Å²) in [4.78, 5) is 12.5. The Morgan fingerprint density at radius 3 is 2.00 bits per heavy atom. The van der Waals surface area contributed by atoms with Crippen molar-refractivity contribution in [2.45, 2.75) is 12.8 Å². The number of nitriles is 1. The molecule has 0 saturated heterocycles. The van der Waals surface area contributed by atoms with Crippen LogP contribution in [-0.2, 0) is 17.4 Å². The molecule has 6 nitrogen and oxygen atoms in total. The summed E-state index contributed by atoms with van der Waals surface area (Å²) in [6, 6.07) is 40.0. The second-order valence-electron chi connectivity index (χ2n) is 10.9. The lowest BCUT2D eigenvalue weighted by Crippen LogP contribution is -2.27. The van der Waals surface area contributed by atoms with E-state index in [4.69, 9.17) is 5.73 Å². The fourth-order valence-corrected chi connectivity index (χ4v) is 9.53. The third kappa shape index (κ3) is 4.06. The fraction of sp³-hybridized carbons (Fsp3) is 0.0541. The Hall–Kier alpha value is -5.50. The molecule has 0 fully saturated rings. The van der Waals surface area contributed by atoms with Gasteiger partial charge in [0.1, 0.15) is 11.8 Å². The van der Waals surface area contributed by atoms with Gasteiger partial charge >= 0.3 is 5.69 Å². The maximum absolute atomic E-state index is 15.9. The molecule has 0 radical (unpaired) electrons. The SMILES string of the molecule is N#Cc1c(N)c([N+](=O)[O-])c(-c2c(P(=O)(c3ccccc3)c3ccccc3)ccc3ccccc23)c2c1-c1ccccc1CC2. The largest absolute Gasteiger partial charge is 0.392 e. The van der Waals surface area contributed by atoms with E-state index < -0.39 is 12.1 Å². The summed E-state index contributed by atoms with van der Waals surface area (Å²) in [5.41, 5.74) is 10.2. The van der Waals surface area contributed by atoms with Crippen molar-refractivity contribution < 1.29 is 9.49 Å². The summed E-state index contributed by atoms with van der Waals surface area (Å²) < 4.78 is 15.9. The summed E-state index contributed by atoms with van der Waals surface area (Å²) in [6.45, 7) is 0. The number of benzene rings is 6. The number of fused-ring (bicyclic) bond motifs is 4. The standard InChI is InChI=1S/C37H26N3O3P/c38-23-31-33-28-17-9-7-11-24(28)19-21-30(33)35(37(36(31)39)40(41)42)34-29-18-10-8-12-25(29)20-22-32(34)44(43,26-13-3-1-4-14-26)27-15-5-2-6-16-27/h1-18,20,22H,19,21,39H2. The quantitative estimate of drug-likeness (QED) is 0.0981. The molecule has 0 spiro atoms. The first-order chi connectivity index (χ1) is 21.4. The zero-order valence-electron chi connectivity index (χ0n) is 23.6. The van der Waals surface area contributed by atoms with Crippen LogP contribution in [0.2, 0.25) is 0 Å². The first-order valence-corrected chi connectivity index (χ1v) is 16.0. The molecule has 0 atom stereocenters. The molecule has 7 rings (SSSR count). The maximum atomic E-state index is 15.9. The van der Waals surface area contributed by atoms with Crippen LogP contribution in [-0.4, -0.2) is 4.92 Å².